The third kappa shape index (κ3) is 6.36. The van der Waals surface area contributed by atoms with Gasteiger partial charge in [-0.3, -0.25) is 0 Å². The van der Waals surface area contributed by atoms with Gasteiger partial charge < -0.3 is 4.57 Å². The Labute approximate surface area is 353 Å². The number of benzene rings is 7. The van der Waals surface area contributed by atoms with E-state index in [4.69, 9.17) is 15.0 Å². The highest BCUT2D eigenvalue weighted by Crippen LogP contribution is 2.65. The summed E-state index contributed by atoms with van der Waals surface area (Å²) in [6, 6.07) is 60.8. The third-order valence-electron chi connectivity index (χ3n) is 14.1. The quantitative estimate of drug-likeness (QED) is 0.144. The summed E-state index contributed by atoms with van der Waals surface area (Å²) >= 11 is 0. The van der Waals surface area contributed by atoms with Gasteiger partial charge in [0.2, 0.25) is 0 Å². The molecule has 0 atom stereocenters. The molecule has 7 aromatic carbocycles. The third-order valence-corrected chi connectivity index (χ3v) is 15.7. The monoisotopic (exact) mass is 797 g/mol. The minimum atomic E-state index is -2.44. The molecular formula is C55H48N3OP. The van der Waals surface area contributed by atoms with Gasteiger partial charge in [0.1, 0.15) is 7.14 Å². The highest BCUT2D eigenvalue weighted by Gasteiger charge is 2.58. The molecule has 4 fully saturated rings. The molecule has 4 bridgehead atoms. The molecule has 4 aliphatic rings. The lowest BCUT2D eigenvalue weighted by atomic mass is 9.42. The Morgan fingerprint density at radius 1 is 0.417 bits per heavy atom. The van der Waals surface area contributed by atoms with Gasteiger partial charge in [0.25, 0.3) is 0 Å². The van der Waals surface area contributed by atoms with E-state index >= 15 is 0 Å². The van der Waals surface area contributed by atoms with Crippen molar-refractivity contribution in [3.8, 4) is 56.4 Å². The van der Waals surface area contributed by atoms with Crippen molar-refractivity contribution in [2.45, 2.75) is 37.5 Å². The van der Waals surface area contributed by atoms with Gasteiger partial charge in [-0.2, -0.15) is 0 Å². The van der Waals surface area contributed by atoms with Crippen molar-refractivity contribution >= 4 is 23.2 Å². The number of fused-ring (bicyclic) bond motifs is 1. The van der Waals surface area contributed by atoms with Crippen molar-refractivity contribution in [1.82, 2.24) is 15.0 Å². The lowest BCUT2D eigenvalue weighted by Gasteiger charge is -2.62. The Hall–Kier alpha value is -5.96. The molecule has 0 spiro atoms. The first kappa shape index (κ1) is 37.1. The Morgan fingerprint density at radius 2 is 0.817 bits per heavy atom. The van der Waals surface area contributed by atoms with Crippen LogP contribution in [0.5, 0.6) is 0 Å². The van der Waals surface area contributed by atoms with Crippen molar-refractivity contribution in [1.29, 1.82) is 0 Å². The average molecular weight is 798 g/mol. The van der Waals surface area contributed by atoms with Crippen LogP contribution in [0.3, 0.4) is 0 Å². The molecule has 294 valence electrons. The molecule has 4 saturated carbocycles. The Balaban J connectivity index is 0.984. The van der Waals surface area contributed by atoms with Crippen LogP contribution in [0.15, 0.2) is 170 Å². The SMILES string of the molecule is CP(C)(=O)c1ccc(-c2ccc(C3(c4ccc(-c5nc(-c6ccccc6)nc(-c6ccc(-c7ccccc7)cc6)n5)cc4)C4CC5CC(C4)CC3C5)cc2)c2ccccc12. The summed E-state index contributed by atoms with van der Waals surface area (Å²) in [5.41, 5.74) is 10.5. The minimum absolute atomic E-state index is 0.0482. The minimum Gasteiger partial charge on any atom is -0.319 e. The standard InChI is InChI=1S/C55H48N3OP/c1-60(2,59)51-30-29-48(49-15-9-10-16-50(49)51)40-21-25-44(26-22-40)55(46-32-36-31-37(34-46)35-47(55)33-36)45-27-23-43(24-28-45)54-57-52(41-13-7-4-8-14-41)56-53(58-54)42-19-17-39(18-20-42)38-11-5-3-6-12-38/h3-30,36-37,46-47H,31-35H2,1-2H3. The zero-order valence-corrected chi connectivity index (χ0v) is 35.1. The summed E-state index contributed by atoms with van der Waals surface area (Å²) in [6.07, 6.45) is 6.62. The lowest BCUT2D eigenvalue weighted by molar-refractivity contribution is -0.0418. The van der Waals surface area contributed by atoms with Crippen LogP contribution in [0, 0.1) is 23.7 Å². The van der Waals surface area contributed by atoms with Crippen LogP contribution < -0.4 is 5.30 Å². The van der Waals surface area contributed by atoms with E-state index in [2.05, 4.69) is 146 Å². The normalized spacial score (nSPS) is 22.0. The van der Waals surface area contributed by atoms with Crippen LogP contribution in [0.4, 0.5) is 0 Å². The fraction of sp³-hybridized carbons (Fsp3) is 0.218. The molecule has 0 N–H and O–H groups in total. The molecule has 4 aliphatic carbocycles. The molecule has 0 aliphatic heterocycles. The summed E-state index contributed by atoms with van der Waals surface area (Å²) < 4.78 is 13.3. The van der Waals surface area contributed by atoms with E-state index in [1.54, 1.807) is 0 Å². The smallest absolute Gasteiger partial charge is 0.164 e. The highest BCUT2D eigenvalue weighted by atomic mass is 31.2. The zero-order valence-electron chi connectivity index (χ0n) is 34.2. The fourth-order valence-electron chi connectivity index (χ4n) is 11.7. The first-order valence-electron chi connectivity index (χ1n) is 21.6. The highest BCUT2D eigenvalue weighted by molar-refractivity contribution is 7.70. The molecule has 0 radical (unpaired) electrons. The molecule has 60 heavy (non-hydrogen) atoms. The molecule has 5 heteroatoms. The van der Waals surface area contributed by atoms with Crippen molar-refractivity contribution in [3.05, 3.63) is 181 Å². The van der Waals surface area contributed by atoms with Crippen molar-refractivity contribution in [2.75, 3.05) is 13.3 Å². The van der Waals surface area contributed by atoms with E-state index in [0.717, 1.165) is 50.2 Å². The number of rotatable bonds is 8. The molecule has 1 aromatic heterocycles. The average Bonchev–Trinajstić information content (AvgIpc) is 3.29. The topological polar surface area (TPSA) is 55.7 Å². The van der Waals surface area contributed by atoms with E-state index < -0.39 is 7.14 Å². The number of hydrogen-bond acceptors (Lipinski definition) is 4. The predicted octanol–water partition coefficient (Wildman–Crippen LogP) is 13.3. The van der Waals surface area contributed by atoms with Crippen LogP contribution in [0.2, 0.25) is 0 Å². The van der Waals surface area contributed by atoms with Gasteiger partial charge in [0, 0.05) is 27.4 Å². The van der Waals surface area contributed by atoms with E-state index in [-0.39, 0.29) is 5.41 Å². The van der Waals surface area contributed by atoms with Crippen LogP contribution in [-0.2, 0) is 9.98 Å². The summed E-state index contributed by atoms with van der Waals surface area (Å²) in [7, 11) is -2.44. The van der Waals surface area contributed by atoms with Crippen LogP contribution in [-0.4, -0.2) is 28.3 Å². The maximum absolute atomic E-state index is 13.3. The van der Waals surface area contributed by atoms with Gasteiger partial charge in [-0.25, -0.2) is 15.0 Å². The molecule has 0 saturated heterocycles. The van der Waals surface area contributed by atoms with Gasteiger partial charge in [-0.05, 0) is 113 Å². The summed E-state index contributed by atoms with van der Waals surface area (Å²) in [5, 5.41) is 3.21. The lowest BCUT2D eigenvalue weighted by Crippen LogP contribution is -2.56. The number of nitrogens with zero attached hydrogens (tertiary/aromatic N) is 3. The molecular weight excluding hydrogens is 750 g/mol. The Bertz CT molecular complexity index is 2870. The van der Waals surface area contributed by atoms with E-state index in [1.807, 2.05) is 37.6 Å². The van der Waals surface area contributed by atoms with Crippen molar-refractivity contribution in [3.63, 3.8) is 0 Å². The van der Waals surface area contributed by atoms with Crippen molar-refractivity contribution in [2.24, 2.45) is 23.7 Å². The Morgan fingerprint density at radius 3 is 1.33 bits per heavy atom. The van der Waals surface area contributed by atoms with Crippen LogP contribution >= 0.6 is 7.14 Å². The molecule has 12 rings (SSSR count). The molecule has 4 nitrogen and oxygen atoms in total. The van der Waals surface area contributed by atoms with Gasteiger partial charge in [0.15, 0.2) is 17.5 Å². The molecule has 0 amide bonds. The Kier molecular flexibility index (Phi) is 9.05. The van der Waals surface area contributed by atoms with Crippen LogP contribution in [0.1, 0.15) is 43.2 Å². The first-order valence-corrected chi connectivity index (χ1v) is 24.2. The second kappa shape index (κ2) is 14.6. The number of aromatic nitrogens is 3. The molecule has 0 unspecified atom stereocenters. The predicted molar refractivity (Wildman–Crippen MR) is 248 cm³/mol. The van der Waals surface area contributed by atoms with Crippen LogP contribution in [0.25, 0.3) is 67.2 Å². The maximum atomic E-state index is 13.3. The second-order valence-electron chi connectivity index (χ2n) is 18.0. The molecule has 8 aromatic rings. The van der Waals surface area contributed by atoms with Crippen molar-refractivity contribution < 1.29 is 4.57 Å². The van der Waals surface area contributed by atoms with E-state index in [1.165, 1.54) is 59.9 Å². The van der Waals surface area contributed by atoms with Gasteiger partial charge in [0.05, 0.1) is 0 Å². The summed E-state index contributed by atoms with van der Waals surface area (Å²) in [6.45, 7) is 3.74. The van der Waals surface area contributed by atoms with Gasteiger partial charge in [-0.15, -0.1) is 0 Å². The second-order valence-corrected chi connectivity index (χ2v) is 21.2. The fourth-order valence-corrected chi connectivity index (χ4v) is 12.9. The van der Waals surface area contributed by atoms with Gasteiger partial charge >= 0.3 is 0 Å². The van der Waals surface area contributed by atoms with E-state index in [0.29, 0.717) is 29.3 Å². The van der Waals surface area contributed by atoms with E-state index in [9.17, 15) is 4.57 Å². The maximum Gasteiger partial charge on any atom is 0.164 e. The number of hydrogen-bond donors (Lipinski definition) is 0. The largest absolute Gasteiger partial charge is 0.319 e. The molecule has 1 heterocycles. The summed E-state index contributed by atoms with van der Waals surface area (Å²) in [4.78, 5) is 15.2. The first-order chi connectivity index (χ1) is 29.3. The zero-order chi connectivity index (χ0) is 40.4. The summed E-state index contributed by atoms with van der Waals surface area (Å²) in [5.74, 6) is 4.94. The van der Waals surface area contributed by atoms with Gasteiger partial charge in [-0.1, -0.05) is 170 Å².